The van der Waals surface area contributed by atoms with Gasteiger partial charge in [0.2, 0.25) is 5.91 Å². The Hall–Kier alpha value is -3.03. The average Bonchev–Trinajstić information content (AvgIpc) is 3.28. The highest BCUT2D eigenvalue weighted by molar-refractivity contribution is 5.96. The molecule has 0 bridgehead atoms. The molecule has 1 fully saturated rings. The molecule has 2 N–H and O–H groups in total. The van der Waals surface area contributed by atoms with Crippen molar-refractivity contribution in [2.75, 3.05) is 25.1 Å². The number of carbonyl (C=O) groups is 2. The van der Waals surface area contributed by atoms with E-state index in [-0.39, 0.29) is 18.0 Å². The van der Waals surface area contributed by atoms with E-state index in [2.05, 4.69) is 15.6 Å². The number of carbonyl (C=O) groups excluding carboxylic acids is 2. The van der Waals surface area contributed by atoms with Gasteiger partial charge in [-0.2, -0.15) is 0 Å². The minimum absolute atomic E-state index is 0.000532. The van der Waals surface area contributed by atoms with Crippen molar-refractivity contribution in [3.05, 3.63) is 43.0 Å². The standard InChI is InChI=1S/C18H23N5O3/c1-26-16-5-3-15(4-6-16)23-12-14(11-17(23)24)21-18(25)20-7-2-9-22-10-8-19-13-22/h3-6,8,10,13-14H,2,7,9,11-12H2,1H3,(H2,20,21,25). The predicted molar refractivity (Wildman–Crippen MR) is 97.1 cm³/mol. The summed E-state index contributed by atoms with van der Waals surface area (Å²) in [5.41, 5.74) is 0.806. The van der Waals surface area contributed by atoms with Gasteiger partial charge in [-0.25, -0.2) is 9.78 Å². The minimum atomic E-state index is -0.245. The molecule has 0 spiro atoms. The first-order chi connectivity index (χ1) is 12.7. The summed E-state index contributed by atoms with van der Waals surface area (Å²) in [6, 6.07) is 6.88. The van der Waals surface area contributed by atoms with Crippen molar-refractivity contribution in [3.63, 3.8) is 0 Å². The lowest BCUT2D eigenvalue weighted by atomic mass is 10.2. The van der Waals surface area contributed by atoms with Gasteiger partial charge in [0.1, 0.15) is 5.75 Å². The van der Waals surface area contributed by atoms with Crippen LogP contribution >= 0.6 is 0 Å². The Morgan fingerprint density at radius 3 is 2.85 bits per heavy atom. The zero-order valence-electron chi connectivity index (χ0n) is 14.7. The fourth-order valence-corrected chi connectivity index (χ4v) is 2.93. The maximum Gasteiger partial charge on any atom is 0.315 e. The summed E-state index contributed by atoms with van der Waals surface area (Å²) < 4.78 is 7.09. The third-order valence-corrected chi connectivity index (χ3v) is 4.28. The Morgan fingerprint density at radius 2 is 2.15 bits per heavy atom. The van der Waals surface area contributed by atoms with Gasteiger partial charge >= 0.3 is 6.03 Å². The van der Waals surface area contributed by atoms with Gasteiger partial charge in [-0.05, 0) is 30.7 Å². The van der Waals surface area contributed by atoms with Crippen LogP contribution in [0.3, 0.4) is 0 Å². The van der Waals surface area contributed by atoms with Crippen molar-refractivity contribution in [3.8, 4) is 5.75 Å². The number of nitrogens with one attached hydrogen (secondary N) is 2. The van der Waals surface area contributed by atoms with Crippen LogP contribution < -0.4 is 20.3 Å². The molecule has 138 valence electrons. The molecule has 0 radical (unpaired) electrons. The zero-order chi connectivity index (χ0) is 18.4. The summed E-state index contributed by atoms with van der Waals surface area (Å²) in [7, 11) is 1.60. The van der Waals surface area contributed by atoms with Gasteiger partial charge in [0.15, 0.2) is 0 Å². The Labute approximate surface area is 152 Å². The van der Waals surface area contributed by atoms with Crippen molar-refractivity contribution < 1.29 is 14.3 Å². The number of hydrogen-bond donors (Lipinski definition) is 2. The van der Waals surface area contributed by atoms with Crippen LogP contribution in [0.5, 0.6) is 5.75 Å². The van der Waals surface area contributed by atoms with Crippen molar-refractivity contribution in [1.82, 2.24) is 20.2 Å². The normalized spacial score (nSPS) is 16.6. The topological polar surface area (TPSA) is 88.5 Å². The number of aryl methyl sites for hydroxylation is 1. The number of methoxy groups -OCH3 is 1. The number of aromatic nitrogens is 2. The minimum Gasteiger partial charge on any atom is -0.497 e. The molecule has 8 nitrogen and oxygen atoms in total. The summed E-state index contributed by atoms with van der Waals surface area (Å²) >= 11 is 0. The average molecular weight is 357 g/mol. The van der Waals surface area contributed by atoms with E-state index < -0.39 is 0 Å². The first-order valence-corrected chi connectivity index (χ1v) is 8.60. The molecule has 1 aromatic heterocycles. The molecule has 8 heteroatoms. The zero-order valence-corrected chi connectivity index (χ0v) is 14.7. The highest BCUT2D eigenvalue weighted by Gasteiger charge is 2.31. The van der Waals surface area contributed by atoms with Gasteiger partial charge in [-0.1, -0.05) is 0 Å². The van der Waals surface area contributed by atoms with Crippen molar-refractivity contribution in [2.45, 2.75) is 25.4 Å². The highest BCUT2D eigenvalue weighted by atomic mass is 16.5. The summed E-state index contributed by atoms with van der Waals surface area (Å²) in [5, 5.41) is 5.70. The second-order valence-electron chi connectivity index (χ2n) is 6.16. The predicted octanol–water partition coefficient (Wildman–Crippen LogP) is 1.39. The number of hydrogen-bond acceptors (Lipinski definition) is 4. The molecule has 0 saturated carbocycles. The number of benzene rings is 1. The van der Waals surface area contributed by atoms with Gasteiger partial charge in [0.05, 0.1) is 19.5 Å². The molecule has 3 rings (SSSR count). The Morgan fingerprint density at radius 1 is 1.35 bits per heavy atom. The third-order valence-electron chi connectivity index (χ3n) is 4.28. The monoisotopic (exact) mass is 357 g/mol. The fraction of sp³-hybridized carbons (Fsp3) is 0.389. The van der Waals surface area contributed by atoms with E-state index >= 15 is 0 Å². The molecule has 3 amide bonds. The third kappa shape index (κ3) is 4.53. The van der Waals surface area contributed by atoms with Crippen LogP contribution in [0.4, 0.5) is 10.5 Å². The Kier molecular flexibility index (Phi) is 5.73. The second kappa shape index (κ2) is 8.37. The van der Waals surface area contributed by atoms with E-state index in [1.807, 2.05) is 35.0 Å². The fourth-order valence-electron chi connectivity index (χ4n) is 2.93. The smallest absolute Gasteiger partial charge is 0.315 e. The summed E-state index contributed by atoms with van der Waals surface area (Å²) in [6.07, 6.45) is 6.47. The molecular formula is C18H23N5O3. The first-order valence-electron chi connectivity index (χ1n) is 8.60. The van der Waals surface area contributed by atoms with Gasteiger partial charge in [-0.15, -0.1) is 0 Å². The number of urea groups is 1. The van der Waals surface area contributed by atoms with E-state index in [1.54, 1.807) is 24.5 Å². The largest absolute Gasteiger partial charge is 0.497 e. The summed E-state index contributed by atoms with van der Waals surface area (Å²) in [6.45, 7) is 1.83. The first kappa shape index (κ1) is 17.8. The van der Waals surface area contributed by atoms with E-state index in [1.165, 1.54) is 0 Å². The van der Waals surface area contributed by atoms with Crippen LogP contribution in [-0.2, 0) is 11.3 Å². The van der Waals surface area contributed by atoms with Crippen LogP contribution in [0.15, 0.2) is 43.0 Å². The second-order valence-corrected chi connectivity index (χ2v) is 6.16. The molecule has 1 saturated heterocycles. The molecule has 26 heavy (non-hydrogen) atoms. The maximum atomic E-state index is 12.2. The lowest BCUT2D eigenvalue weighted by molar-refractivity contribution is -0.117. The summed E-state index contributed by atoms with van der Waals surface area (Å²) in [4.78, 5) is 29.9. The van der Waals surface area contributed by atoms with Gasteiger partial charge < -0.3 is 24.8 Å². The van der Waals surface area contributed by atoms with Crippen LogP contribution in [0.2, 0.25) is 0 Å². The molecule has 1 aliphatic rings. The van der Waals surface area contributed by atoms with E-state index in [9.17, 15) is 9.59 Å². The van der Waals surface area contributed by atoms with E-state index in [0.717, 1.165) is 24.4 Å². The van der Waals surface area contributed by atoms with E-state index in [0.29, 0.717) is 19.5 Å². The highest BCUT2D eigenvalue weighted by Crippen LogP contribution is 2.24. The molecule has 0 aliphatic carbocycles. The molecule has 2 aromatic rings. The molecule has 1 aliphatic heterocycles. The summed E-state index contributed by atoms with van der Waals surface area (Å²) in [5.74, 6) is 0.741. The molecule has 1 unspecified atom stereocenters. The van der Waals surface area contributed by atoms with Crippen LogP contribution in [-0.4, -0.2) is 47.7 Å². The SMILES string of the molecule is COc1ccc(N2CC(NC(=O)NCCCn3ccnc3)CC2=O)cc1. The van der Waals surface area contributed by atoms with Crippen molar-refractivity contribution >= 4 is 17.6 Å². The number of rotatable bonds is 7. The number of anilines is 1. The van der Waals surface area contributed by atoms with Gasteiger partial charge in [-0.3, -0.25) is 4.79 Å². The van der Waals surface area contributed by atoms with Gasteiger partial charge in [0, 0.05) is 44.1 Å². The molecule has 1 aromatic carbocycles. The molecule has 1 atom stereocenters. The lowest BCUT2D eigenvalue weighted by Crippen LogP contribution is -2.43. The van der Waals surface area contributed by atoms with Crippen LogP contribution in [0, 0.1) is 0 Å². The number of ether oxygens (including phenoxy) is 1. The molecular weight excluding hydrogens is 334 g/mol. The van der Waals surface area contributed by atoms with Crippen molar-refractivity contribution in [2.24, 2.45) is 0 Å². The number of nitrogens with zero attached hydrogens (tertiary/aromatic N) is 3. The number of amides is 3. The van der Waals surface area contributed by atoms with Crippen LogP contribution in [0.1, 0.15) is 12.8 Å². The number of imidazole rings is 1. The lowest BCUT2D eigenvalue weighted by Gasteiger charge is -2.17. The Bertz CT molecular complexity index is 730. The van der Waals surface area contributed by atoms with Gasteiger partial charge in [0.25, 0.3) is 0 Å². The molecule has 2 heterocycles. The van der Waals surface area contributed by atoms with Crippen molar-refractivity contribution in [1.29, 1.82) is 0 Å². The maximum absolute atomic E-state index is 12.2. The van der Waals surface area contributed by atoms with Crippen LogP contribution in [0.25, 0.3) is 0 Å². The quantitative estimate of drug-likeness (QED) is 0.733. The Balaban J connectivity index is 1.42. The van der Waals surface area contributed by atoms with E-state index in [4.69, 9.17) is 4.74 Å².